The standard InChI is InChI=1S/C20H26O3/c1-14-7-10-20(3)16(18(21)22)5-4-6-17(20)19(14,2)11-8-15-9-12-23-13-15/h4-6,9,12-14,17H,7-8,10-11H2,1-3H3,(H,21,22). The van der Waals surface area contributed by atoms with Gasteiger partial charge in [0.2, 0.25) is 0 Å². The minimum atomic E-state index is -0.770. The van der Waals surface area contributed by atoms with Crippen molar-refractivity contribution in [2.45, 2.75) is 46.5 Å². The average molecular weight is 314 g/mol. The molecule has 0 spiro atoms. The molecule has 3 rings (SSSR count). The summed E-state index contributed by atoms with van der Waals surface area (Å²) in [5, 5.41) is 9.64. The van der Waals surface area contributed by atoms with Crippen LogP contribution in [0, 0.1) is 22.7 Å². The second kappa shape index (κ2) is 5.70. The van der Waals surface area contributed by atoms with Gasteiger partial charge in [-0.1, -0.05) is 39.0 Å². The lowest BCUT2D eigenvalue weighted by Crippen LogP contribution is -2.50. The van der Waals surface area contributed by atoms with Crippen molar-refractivity contribution in [1.29, 1.82) is 0 Å². The van der Waals surface area contributed by atoms with Gasteiger partial charge in [0, 0.05) is 11.0 Å². The molecule has 4 atom stereocenters. The summed E-state index contributed by atoms with van der Waals surface area (Å²) in [7, 11) is 0. The van der Waals surface area contributed by atoms with E-state index in [1.807, 2.05) is 18.4 Å². The van der Waals surface area contributed by atoms with Crippen LogP contribution in [0.15, 0.2) is 46.8 Å². The minimum absolute atomic E-state index is 0.0930. The van der Waals surface area contributed by atoms with Gasteiger partial charge in [-0.05, 0) is 54.6 Å². The second-order valence-electron chi connectivity index (χ2n) is 7.74. The van der Waals surface area contributed by atoms with Crippen molar-refractivity contribution in [1.82, 2.24) is 0 Å². The predicted octanol–water partition coefficient (Wildman–Crippen LogP) is 4.85. The molecule has 1 N–H and O–H groups in total. The van der Waals surface area contributed by atoms with Crippen LogP contribution in [-0.4, -0.2) is 11.1 Å². The Bertz CT molecular complexity index is 640. The lowest BCUT2D eigenvalue weighted by Gasteiger charge is -2.56. The largest absolute Gasteiger partial charge is 0.478 e. The lowest BCUT2D eigenvalue weighted by atomic mass is 9.48. The minimum Gasteiger partial charge on any atom is -0.478 e. The van der Waals surface area contributed by atoms with E-state index < -0.39 is 5.97 Å². The van der Waals surface area contributed by atoms with Crippen molar-refractivity contribution >= 4 is 5.97 Å². The number of allylic oxidation sites excluding steroid dienone is 3. The summed E-state index contributed by atoms with van der Waals surface area (Å²) in [6, 6.07) is 2.02. The first-order valence-electron chi connectivity index (χ1n) is 8.51. The van der Waals surface area contributed by atoms with Gasteiger partial charge < -0.3 is 9.52 Å². The van der Waals surface area contributed by atoms with Crippen LogP contribution in [0.4, 0.5) is 0 Å². The molecular weight excluding hydrogens is 288 g/mol. The molecule has 3 heteroatoms. The normalized spacial score (nSPS) is 36.4. The van der Waals surface area contributed by atoms with Gasteiger partial charge >= 0.3 is 5.97 Å². The molecule has 2 aliphatic carbocycles. The zero-order valence-corrected chi connectivity index (χ0v) is 14.2. The first kappa shape index (κ1) is 16.1. The number of hydrogen-bond donors (Lipinski definition) is 1. The molecular formula is C20H26O3. The smallest absolute Gasteiger partial charge is 0.332 e. The van der Waals surface area contributed by atoms with Gasteiger partial charge in [-0.15, -0.1) is 0 Å². The molecule has 124 valence electrons. The van der Waals surface area contributed by atoms with E-state index in [0.29, 0.717) is 11.5 Å². The molecule has 2 aliphatic rings. The molecule has 3 nitrogen and oxygen atoms in total. The van der Waals surface area contributed by atoms with Crippen LogP contribution in [0.3, 0.4) is 0 Å². The van der Waals surface area contributed by atoms with Gasteiger partial charge in [0.1, 0.15) is 0 Å². The Labute approximate surface area is 138 Å². The fraction of sp³-hybridized carbons (Fsp3) is 0.550. The molecule has 1 heterocycles. The van der Waals surface area contributed by atoms with Gasteiger partial charge in [0.25, 0.3) is 0 Å². The lowest BCUT2D eigenvalue weighted by molar-refractivity contribution is -0.135. The van der Waals surface area contributed by atoms with E-state index in [-0.39, 0.29) is 16.7 Å². The quantitative estimate of drug-likeness (QED) is 0.864. The number of furan rings is 1. The highest BCUT2D eigenvalue weighted by atomic mass is 16.4. The summed E-state index contributed by atoms with van der Waals surface area (Å²) in [6.07, 6.45) is 13.6. The van der Waals surface area contributed by atoms with Crippen molar-refractivity contribution in [3.05, 3.63) is 48.0 Å². The number of carboxylic acids is 1. The maximum Gasteiger partial charge on any atom is 0.332 e. The zero-order chi connectivity index (χ0) is 16.7. The zero-order valence-electron chi connectivity index (χ0n) is 14.2. The monoisotopic (exact) mass is 314 g/mol. The third-order valence-electron chi connectivity index (χ3n) is 6.56. The van der Waals surface area contributed by atoms with Gasteiger partial charge in [-0.2, -0.15) is 0 Å². The summed E-state index contributed by atoms with van der Waals surface area (Å²) in [5.74, 6) is 0.0700. The first-order chi connectivity index (χ1) is 10.9. The number of carbonyl (C=O) groups is 1. The number of fused-ring (bicyclic) bond motifs is 1. The fourth-order valence-electron chi connectivity index (χ4n) is 4.79. The summed E-state index contributed by atoms with van der Waals surface area (Å²) < 4.78 is 5.19. The molecule has 0 bridgehead atoms. The van der Waals surface area contributed by atoms with Crippen LogP contribution in [0.5, 0.6) is 0 Å². The van der Waals surface area contributed by atoms with E-state index in [1.165, 1.54) is 5.56 Å². The van der Waals surface area contributed by atoms with Gasteiger partial charge in [-0.25, -0.2) is 4.79 Å². The Kier molecular flexibility index (Phi) is 3.99. The van der Waals surface area contributed by atoms with E-state index in [0.717, 1.165) is 25.7 Å². The summed E-state index contributed by atoms with van der Waals surface area (Å²) >= 11 is 0. The topological polar surface area (TPSA) is 50.4 Å². The highest BCUT2D eigenvalue weighted by molar-refractivity contribution is 5.89. The Morgan fingerprint density at radius 1 is 1.43 bits per heavy atom. The van der Waals surface area contributed by atoms with E-state index in [1.54, 1.807) is 12.3 Å². The van der Waals surface area contributed by atoms with Gasteiger partial charge in [0.15, 0.2) is 0 Å². The Hall–Kier alpha value is -1.77. The van der Waals surface area contributed by atoms with Gasteiger partial charge in [-0.3, -0.25) is 0 Å². The van der Waals surface area contributed by atoms with E-state index in [2.05, 4.69) is 26.8 Å². The molecule has 4 unspecified atom stereocenters. The molecule has 0 saturated heterocycles. The van der Waals surface area contributed by atoms with Crippen molar-refractivity contribution < 1.29 is 14.3 Å². The maximum atomic E-state index is 11.7. The molecule has 0 aliphatic heterocycles. The van der Waals surface area contributed by atoms with Crippen LogP contribution in [0.25, 0.3) is 0 Å². The first-order valence-corrected chi connectivity index (χ1v) is 8.51. The Balaban J connectivity index is 1.91. The SMILES string of the molecule is CC1CCC2(C)C(C(=O)O)=CC=CC2C1(C)CCc1ccoc1. The predicted molar refractivity (Wildman–Crippen MR) is 90.0 cm³/mol. The molecule has 1 aromatic heterocycles. The van der Waals surface area contributed by atoms with E-state index in [4.69, 9.17) is 4.42 Å². The van der Waals surface area contributed by atoms with Crippen LogP contribution in [-0.2, 0) is 11.2 Å². The highest BCUT2D eigenvalue weighted by Gasteiger charge is 2.54. The Morgan fingerprint density at radius 3 is 2.87 bits per heavy atom. The fourth-order valence-corrected chi connectivity index (χ4v) is 4.79. The molecule has 1 aromatic rings. The van der Waals surface area contributed by atoms with Crippen molar-refractivity contribution in [2.24, 2.45) is 22.7 Å². The third kappa shape index (κ3) is 2.56. The number of aryl methyl sites for hydroxylation is 1. The van der Waals surface area contributed by atoms with Crippen LogP contribution in [0.2, 0.25) is 0 Å². The Morgan fingerprint density at radius 2 is 2.22 bits per heavy atom. The molecule has 1 saturated carbocycles. The number of aliphatic carboxylic acids is 1. The number of hydrogen-bond acceptors (Lipinski definition) is 2. The number of carboxylic acid groups (broad SMARTS) is 1. The second-order valence-corrected chi connectivity index (χ2v) is 7.74. The number of rotatable bonds is 4. The van der Waals surface area contributed by atoms with E-state index >= 15 is 0 Å². The van der Waals surface area contributed by atoms with Crippen molar-refractivity contribution in [2.75, 3.05) is 0 Å². The molecule has 0 radical (unpaired) electrons. The summed E-state index contributed by atoms with van der Waals surface area (Å²) in [4.78, 5) is 11.7. The summed E-state index contributed by atoms with van der Waals surface area (Å²) in [6.45, 7) is 6.81. The van der Waals surface area contributed by atoms with Gasteiger partial charge in [0.05, 0.1) is 12.5 Å². The van der Waals surface area contributed by atoms with Crippen LogP contribution < -0.4 is 0 Å². The molecule has 1 fully saturated rings. The highest BCUT2D eigenvalue weighted by Crippen LogP contribution is 2.60. The molecule has 23 heavy (non-hydrogen) atoms. The van der Waals surface area contributed by atoms with Crippen molar-refractivity contribution in [3.8, 4) is 0 Å². The summed E-state index contributed by atoms with van der Waals surface area (Å²) in [5.41, 5.74) is 1.62. The molecule has 0 aromatic carbocycles. The molecule has 0 amide bonds. The van der Waals surface area contributed by atoms with E-state index in [9.17, 15) is 9.90 Å². The maximum absolute atomic E-state index is 11.7. The third-order valence-corrected chi connectivity index (χ3v) is 6.56. The average Bonchev–Trinajstić information content (AvgIpc) is 3.02. The van der Waals surface area contributed by atoms with Crippen molar-refractivity contribution in [3.63, 3.8) is 0 Å². The van der Waals surface area contributed by atoms with Crippen LogP contribution in [0.1, 0.15) is 45.6 Å². The van der Waals surface area contributed by atoms with Crippen LogP contribution >= 0.6 is 0 Å².